The van der Waals surface area contributed by atoms with Gasteiger partial charge in [-0.25, -0.2) is 0 Å². The summed E-state index contributed by atoms with van der Waals surface area (Å²) in [5.74, 6) is 0.0616. The molecule has 0 spiro atoms. The first kappa shape index (κ1) is 18.1. The Bertz CT molecular complexity index is 986. The Morgan fingerprint density at radius 2 is 1.55 bits per heavy atom. The Labute approximate surface area is 171 Å². The molecule has 3 atom stereocenters. The molecule has 2 aliphatic rings. The van der Waals surface area contributed by atoms with E-state index >= 15 is 0 Å². The van der Waals surface area contributed by atoms with Crippen LogP contribution in [-0.2, 0) is 22.4 Å². The number of hydrogen-bond donors (Lipinski definition) is 0. The van der Waals surface area contributed by atoms with E-state index in [4.69, 9.17) is 4.74 Å². The molecule has 3 aromatic carbocycles. The maximum atomic E-state index is 13.8. The van der Waals surface area contributed by atoms with Crippen LogP contribution >= 0.6 is 0 Å². The number of amides is 1. The fraction of sp³-hybridized carbons (Fsp3) is 0.269. The van der Waals surface area contributed by atoms with Crippen LogP contribution in [0.25, 0.3) is 0 Å². The number of rotatable bonds is 4. The van der Waals surface area contributed by atoms with E-state index in [2.05, 4.69) is 54.6 Å². The highest BCUT2D eigenvalue weighted by Gasteiger charge is 2.44. The number of carbonyl (C=O) groups excluding carboxylic acids is 1. The SMILES string of the molecule is O=C1[C@H](CCc2ccccc2)c2ccccc2C[C@@H]2OC[C@@H](c3ccccc3)N12. The highest BCUT2D eigenvalue weighted by atomic mass is 16.5. The summed E-state index contributed by atoms with van der Waals surface area (Å²) in [4.78, 5) is 15.9. The summed E-state index contributed by atoms with van der Waals surface area (Å²) in [5, 5.41) is 0. The molecule has 0 saturated carbocycles. The van der Waals surface area contributed by atoms with Crippen molar-refractivity contribution in [2.45, 2.75) is 37.5 Å². The molecule has 0 bridgehead atoms. The van der Waals surface area contributed by atoms with E-state index in [1.165, 1.54) is 16.7 Å². The molecule has 0 unspecified atom stereocenters. The number of carbonyl (C=O) groups is 1. The van der Waals surface area contributed by atoms with Gasteiger partial charge >= 0.3 is 0 Å². The molecular weight excluding hydrogens is 358 g/mol. The summed E-state index contributed by atoms with van der Waals surface area (Å²) in [6.07, 6.45) is 2.27. The lowest BCUT2D eigenvalue weighted by Crippen LogP contribution is -2.40. The van der Waals surface area contributed by atoms with E-state index < -0.39 is 0 Å². The topological polar surface area (TPSA) is 29.5 Å². The molecule has 3 heteroatoms. The van der Waals surface area contributed by atoms with Crippen LogP contribution in [0.1, 0.15) is 40.6 Å². The largest absolute Gasteiger partial charge is 0.355 e. The minimum atomic E-state index is -0.185. The zero-order valence-corrected chi connectivity index (χ0v) is 16.4. The van der Waals surface area contributed by atoms with Gasteiger partial charge in [-0.05, 0) is 35.1 Å². The number of hydrogen-bond acceptors (Lipinski definition) is 2. The number of ether oxygens (including phenoxy) is 1. The van der Waals surface area contributed by atoms with Crippen LogP contribution in [0.4, 0.5) is 0 Å². The summed E-state index contributed by atoms with van der Waals surface area (Å²) in [5.41, 5.74) is 4.82. The number of nitrogens with zero attached hydrogens (tertiary/aromatic N) is 1. The monoisotopic (exact) mass is 383 g/mol. The first-order valence-electron chi connectivity index (χ1n) is 10.4. The summed E-state index contributed by atoms with van der Waals surface area (Å²) in [6.45, 7) is 0.563. The summed E-state index contributed by atoms with van der Waals surface area (Å²) < 4.78 is 6.15. The standard InChI is InChI=1S/C26H25NO2/c28-26-23(16-15-19-9-3-1-4-10-19)22-14-8-7-13-21(22)17-25-27(26)24(18-29-25)20-11-5-2-6-12-20/h1-14,23-25H,15-18H2/t23-,24+,25+/m1/s1. The Kier molecular flexibility index (Phi) is 4.91. The molecule has 1 fully saturated rings. The van der Waals surface area contributed by atoms with Crippen molar-refractivity contribution in [2.75, 3.05) is 6.61 Å². The fourth-order valence-corrected chi connectivity index (χ4v) is 4.74. The van der Waals surface area contributed by atoms with Gasteiger partial charge in [0.15, 0.2) is 0 Å². The van der Waals surface area contributed by atoms with Crippen LogP contribution in [-0.4, -0.2) is 23.6 Å². The van der Waals surface area contributed by atoms with E-state index in [0.717, 1.165) is 24.8 Å². The summed E-state index contributed by atoms with van der Waals surface area (Å²) >= 11 is 0. The molecule has 1 saturated heterocycles. The van der Waals surface area contributed by atoms with Crippen LogP contribution in [0.3, 0.4) is 0 Å². The zero-order valence-electron chi connectivity index (χ0n) is 16.4. The maximum Gasteiger partial charge on any atom is 0.232 e. The van der Waals surface area contributed by atoms with Gasteiger partial charge in [-0.15, -0.1) is 0 Å². The van der Waals surface area contributed by atoms with Gasteiger partial charge in [0, 0.05) is 6.42 Å². The molecule has 2 aliphatic heterocycles. The van der Waals surface area contributed by atoms with Gasteiger partial charge in [0.25, 0.3) is 0 Å². The van der Waals surface area contributed by atoms with Crippen molar-refractivity contribution in [3.05, 3.63) is 107 Å². The van der Waals surface area contributed by atoms with Gasteiger partial charge in [-0.1, -0.05) is 84.9 Å². The predicted octanol–water partition coefficient (Wildman–Crippen LogP) is 4.89. The van der Waals surface area contributed by atoms with E-state index in [9.17, 15) is 4.79 Å². The second-order valence-corrected chi connectivity index (χ2v) is 7.94. The number of benzene rings is 3. The third-order valence-electron chi connectivity index (χ3n) is 6.22. The molecule has 0 radical (unpaired) electrons. The van der Waals surface area contributed by atoms with Gasteiger partial charge in [0.05, 0.1) is 18.6 Å². The van der Waals surface area contributed by atoms with Crippen LogP contribution in [0.5, 0.6) is 0 Å². The molecule has 29 heavy (non-hydrogen) atoms. The molecule has 1 amide bonds. The third-order valence-corrected chi connectivity index (χ3v) is 6.22. The molecule has 5 rings (SSSR count). The predicted molar refractivity (Wildman–Crippen MR) is 113 cm³/mol. The van der Waals surface area contributed by atoms with Crippen LogP contribution in [0.2, 0.25) is 0 Å². The Morgan fingerprint density at radius 1 is 0.862 bits per heavy atom. The molecule has 0 aliphatic carbocycles. The van der Waals surface area contributed by atoms with E-state index in [1.807, 2.05) is 35.2 Å². The lowest BCUT2D eigenvalue weighted by atomic mass is 9.88. The average Bonchev–Trinajstić information content (AvgIpc) is 3.15. The second-order valence-electron chi connectivity index (χ2n) is 7.94. The van der Waals surface area contributed by atoms with Crippen molar-refractivity contribution >= 4 is 5.91 Å². The highest BCUT2D eigenvalue weighted by molar-refractivity contribution is 5.85. The van der Waals surface area contributed by atoms with Crippen molar-refractivity contribution in [3.63, 3.8) is 0 Å². The maximum absolute atomic E-state index is 13.8. The molecule has 3 nitrogen and oxygen atoms in total. The van der Waals surface area contributed by atoms with Crippen LogP contribution in [0, 0.1) is 0 Å². The van der Waals surface area contributed by atoms with Crippen molar-refractivity contribution in [1.82, 2.24) is 4.90 Å². The van der Waals surface area contributed by atoms with Crippen molar-refractivity contribution in [2.24, 2.45) is 0 Å². The van der Waals surface area contributed by atoms with Crippen LogP contribution in [0.15, 0.2) is 84.9 Å². The fourth-order valence-electron chi connectivity index (χ4n) is 4.74. The van der Waals surface area contributed by atoms with Gasteiger partial charge in [-0.3, -0.25) is 4.79 Å². The third kappa shape index (κ3) is 3.47. The quantitative estimate of drug-likeness (QED) is 0.642. The average molecular weight is 383 g/mol. The lowest BCUT2D eigenvalue weighted by molar-refractivity contribution is -0.139. The normalized spacial score (nSPS) is 23.4. The Balaban J connectivity index is 1.49. The molecule has 0 N–H and O–H groups in total. The second kappa shape index (κ2) is 7.84. The molecule has 146 valence electrons. The lowest BCUT2D eigenvalue weighted by Gasteiger charge is -2.29. The first-order chi connectivity index (χ1) is 14.3. The highest BCUT2D eigenvalue weighted by Crippen LogP contribution is 2.40. The van der Waals surface area contributed by atoms with Crippen LogP contribution < -0.4 is 0 Å². The zero-order chi connectivity index (χ0) is 19.6. The van der Waals surface area contributed by atoms with Gasteiger partial charge in [0.2, 0.25) is 5.91 Å². The van der Waals surface area contributed by atoms with E-state index in [1.54, 1.807) is 0 Å². The smallest absolute Gasteiger partial charge is 0.232 e. The number of fused-ring (bicyclic) bond motifs is 2. The van der Waals surface area contributed by atoms with Crippen molar-refractivity contribution in [3.8, 4) is 0 Å². The molecule has 2 heterocycles. The minimum absolute atomic E-state index is 0.0118. The summed E-state index contributed by atoms with van der Waals surface area (Å²) in [7, 11) is 0. The van der Waals surface area contributed by atoms with Crippen molar-refractivity contribution < 1.29 is 9.53 Å². The minimum Gasteiger partial charge on any atom is -0.355 e. The summed E-state index contributed by atoms with van der Waals surface area (Å²) in [6, 6.07) is 29.1. The first-order valence-corrected chi connectivity index (χ1v) is 10.4. The van der Waals surface area contributed by atoms with Gasteiger partial charge < -0.3 is 9.64 Å². The molecule has 0 aromatic heterocycles. The Hall–Kier alpha value is -2.91. The molecular formula is C26H25NO2. The van der Waals surface area contributed by atoms with Gasteiger partial charge in [0.1, 0.15) is 6.23 Å². The van der Waals surface area contributed by atoms with Gasteiger partial charge in [-0.2, -0.15) is 0 Å². The van der Waals surface area contributed by atoms with E-state index in [-0.39, 0.29) is 24.1 Å². The molecule has 3 aromatic rings. The van der Waals surface area contributed by atoms with Crippen molar-refractivity contribution in [1.29, 1.82) is 0 Å². The number of aryl methyl sites for hydroxylation is 1. The Morgan fingerprint density at radius 3 is 2.34 bits per heavy atom. The van der Waals surface area contributed by atoms with E-state index in [0.29, 0.717) is 6.61 Å².